The molecule has 0 aromatic rings. The summed E-state index contributed by atoms with van der Waals surface area (Å²) in [5.41, 5.74) is 0. The van der Waals surface area contributed by atoms with Gasteiger partial charge >= 0.3 is 0 Å². The molecule has 1 nitrogen and oxygen atoms in total. The molecule has 0 unspecified atom stereocenters. The topological polar surface area (TPSA) is 3.24 Å². The Hall–Kier alpha value is 0.310. The van der Waals surface area contributed by atoms with Crippen molar-refractivity contribution in [3.8, 4) is 0 Å². The number of likely N-dealkylation sites (tertiary alicyclic amines) is 1. The molecule has 2 heteroatoms. The first kappa shape index (κ1) is 8.41. The summed E-state index contributed by atoms with van der Waals surface area (Å²) in [6.45, 7) is 4.05. The van der Waals surface area contributed by atoms with Crippen molar-refractivity contribution in [3.05, 3.63) is 0 Å². The number of hydrogen-bond acceptors (Lipinski definition) is 2. The van der Waals surface area contributed by atoms with Crippen LogP contribution in [-0.2, 0) is 0 Å². The lowest BCUT2D eigenvalue weighted by atomic mass is 10.4. The van der Waals surface area contributed by atoms with Gasteiger partial charge in [-0.2, -0.15) is 11.8 Å². The fourth-order valence-electron chi connectivity index (χ4n) is 1.44. The second-order valence-electron chi connectivity index (χ2n) is 2.90. The van der Waals surface area contributed by atoms with Crippen molar-refractivity contribution in [3.63, 3.8) is 0 Å². The van der Waals surface area contributed by atoms with Crippen molar-refractivity contribution in [2.45, 2.75) is 19.3 Å². The first-order chi connectivity index (χ1) is 4.93. The van der Waals surface area contributed by atoms with E-state index in [9.17, 15) is 0 Å². The molecule has 0 spiro atoms. The summed E-state index contributed by atoms with van der Waals surface area (Å²) in [4.78, 5) is 2.58. The molecular formula is C8H17NS. The molecule has 1 saturated heterocycles. The van der Waals surface area contributed by atoms with Crippen LogP contribution in [0.25, 0.3) is 0 Å². The van der Waals surface area contributed by atoms with Gasteiger partial charge in [0.15, 0.2) is 0 Å². The lowest BCUT2D eigenvalue weighted by molar-refractivity contribution is 0.341. The minimum atomic E-state index is 1.33. The summed E-state index contributed by atoms with van der Waals surface area (Å²) in [6.07, 6.45) is 6.42. The second kappa shape index (κ2) is 5.03. The van der Waals surface area contributed by atoms with Crippen LogP contribution in [0.2, 0.25) is 0 Å². The molecule has 0 bridgehead atoms. The van der Waals surface area contributed by atoms with Gasteiger partial charge in [-0.15, -0.1) is 0 Å². The lowest BCUT2D eigenvalue weighted by Gasteiger charge is -2.12. The summed E-state index contributed by atoms with van der Waals surface area (Å²) in [7, 11) is 0. The van der Waals surface area contributed by atoms with E-state index in [0.717, 1.165) is 0 Å². The average molecular weight is 159 g/mol. The molecule has 1 heterocycles. The summed E-state index contributed by atoms with van der Waals surface area (Å²) in [5.74, 6) is 1.33. The number of hydrogen-bond donors (Lipinski definition) is 0. The highest BCUT2D eigenvalue weighted by atomic mass is 32.2. The molecule has 0 atom stereocenters. The third-order valence-electron chi connectivity index (χ3n) is 2.02. The predicted molar refractivity (Wildman–Crippen MR) is 48.7 cm³/mol. The fourth-order valence-corrected chi connectivity index (χ4v) is 1.86. The van der Waals surface area contributed by atoms with Crippen LogP contribution in [0.15, 0.2) is 0 Å². The van der Waals surface area contributed by atoms with Gasteiger partial charge in [-0.3, -0.25) is 0 Å². The van der Waals surface area contributed by atoms with Gasteiger partial charge in [-0.05, 0) is 50.9 Å². The molecule has 1 aliphatic heterocycles. The molecular weight excluding hydrogens is 142 g/mol. The Morgan fingerprint density at radius 3 is 2.60 bits per heavy atom. The first-order valence-corrected chi connectivity index (χ1v) is 5.54. The van der Waals surface area contributed by atoms with Gasteiger partial charge in [0.1, 0.15) is 0 Å². The zero-order valence-corrected chi connectivity index (χ0v) is 7.62. The van der Waals surface area contributed by atoms with Gasteiger partial charge in [-0.25, -0.2) is 0 Å². The Labute approximate surface area is 68.2 Å². The molecule has 0 N–H and O–H groups in total. The predicted octanol–water partition coefficient (Wildman–Crippen LogP) is 1.84. The molecule has 0 saturated carbocycles. The van der Waals surface area contributed by atoms with Gasteiger partial charge in [0.05, 0.1) is 0 Å². The molecule has 10 heavy (non-hydrogen) atoms. The van der Waals surface area contributed by atoms with E-state index in [0.29, 0.717) is 0 Å². The lowest BCUT2D eigenvalue weighted by Crippen LogP contribution is -2.20. The normalized spacial score (nSPS) is 20.1. The van der Waals surface area contributed by atoms with Crippen molar-refractivity contribution in [2.24, 2.45) is 0 Å². The third kappa shape index (κ3) is 2.93. The van der Waals surface area contributed by atoms with Crippen LogP contribution in [0, 0.1) is 0 Å². The van der Waals surface area contributed by atoms with E-state index in [1.54, 1.807) is 0 Å². The average Bonchev–Trinajstić information content (AvgIpc) is 2.41. The summed E-state index contributed by atoms with van der Waals surface area (Å²) < 4.78 is 0. The highest BCUT2D eigenvalue weighted by molar-refractivity contribution is 7.98. The largest absolute Gasteiger partial charge is 0.303 e. The zero-order chi connectivity index (χ0) is 7.23. The minimum absolute atomic E-state index is 1.33. The van der Waals surface area contributed by atoms with Gasteiger partial charge in [0.2, 0.25) is 0 Å². The smallest absolute Gasteiger partial charge is 0.00109 e. The fraction of sp³-hybridized carbons (Fsp3) is 1.00. The van der Waals surface area contributed by atoms with Gasteiger partial charge in [0.25, 0.3) is 0 Å². The van der Waals surface area contributed by atoms with Crippen molar-refractivity contribution < 1.29 is 0 Å². The van der Waals surface area contributed by atoms with Crippen LogP contribution in [0.3, 0.4) is 0 Å². The highest BCUT2D eigenvalue weighted by Crippen LogP contribution is 2.08. The Balaban J connectivity index is 1.91. The third-order valence-corrected chi connectivity index (χ3v) is 2.72. The van der Waals surface area contributed by atoms with Crippen molar-refractivity contribution in [1.82, 2.24) is 4.90 Å². The van der Waals surface area contributed by atoms with Gasteiger partial charge in [-0.1, -0.05) is 0 Å². The molecule has 0 aromatic carbocycles. The molecule has 1 rings (SSSR count). The van der Waals surface area contributed by atoms with E-state index in [2.05, 4.69) is 11.2 Å². The first-order valence-electron chi connectivity index (χ1n) is 4.15. The molecule has 0 amide bonds. The number of nitrogens with zero attached hydrogens (tertiary/aromatic N) is 1. The minimum Gasteiger partial charge on any atom is -0.303 e. The summed E-state index contributed by atoms with van der Waals surface area (Å²) in [5, 5.41) is 0. The zero-order valence-electron chi connectivity index (χ0n) is 6.81. The van der Waals surface area contributed by atoms with Crippen LogP contribution in [-0.4, -0.2) is 36.5 Å². The number of thioether (sulfide) groups is 1. The van der Waals surface area contributed by atoms with Crippen molar-refractivity contribution in [2.75, 3.05) is 31.6 Å². The quantitative estimate of drug-likeness (QED) is 0.576. The van der Waals surface area contributed by atoms with Crippen LogP contribution >= 0.6 is 11.8 Å². The molecule has 1 fully saturated rings. The number of rotatable bonds is 4. The van der Waals surface area contributed by atoms with E-state index in [-0.39, 0.29) is 0 Å². The van der Waals surface area contributed by atoms with E-state index in [4.69, 9.17) is 0 Å². The molecule has 1 aliphatic rings. The van der Waals surface area contributed by atoms with Gasteiger partial charge in [0, 0.05) is 0 Å². The van der Waals surface area contributed by atoms with Crippen molar-refractivity contribution >= 4 is 11.8 Å². The molecule has 0 radical (unpaired) electrons. The Morgan fingerprint density at radius 1 is 1.30 bits per heavy atom. The van der Waals surface area contributed by atoms with E-state index < -0.39 is 0 Å². The van der Waals surface area contributed by atoms with Crippen LogP contribution in [0.1, 0.15) is 19.3 Å². The van der Waals surface area contributed by atoms with Crippen LogP contribution in [0.5, 0.6) is 0 Å². The van der Waals surface area contributed by atoms with Crippen LogP contribution in [0.4, 0.5) is 0 Å². The summed E-state index contributed by atoms with van der Waals surface area (Å²) in [6, 6.07) is 0. The Bertz CT molecular complexity index is 79.3. The monoisotopic (exact) mass is 159 g/mol. The summed E-state index contributed by atoms with van der Waals surface area (Å²) >= 11 is 1.96. The van der Waals surface area contributed by atoms with Crippen LogP contribution < -0.4 is 0 Å². The highest BCUT2D eigenvalue weighted by Gasteiger charge is 2.09. The molecule has 60 valence electrons. The van der Waals surface area contributed by atoms with Gasteiger partial charge < -0.3 is 4.90 Å². The molecule has 0 aromatic heterocycles. The van der Waals surface area contributed by atoms with E-state index in [1.807, 2.05) is 11.8 Å². The molecule has 0 aliphatic carbocycles. The SMILES string of the molecule is CSCCCN1CCCC1. The van der Waals surface area contributed by atoms with E-state index in [1.165, 1.54) is 44.6 Å². The Kier molecular flexibility index (Phi) is 4.23. The standard InChI is InChI=1S/C8H17NS/c1-10-8-4-7-9-5-2-3-6-9/h2-8H2,1H3. The second-order valence-corrected chi connectivity index (χ2v) is 3.88. The maximum Gasteiger partial charge on any atom is -0.00109 e. The Morgan fingerprint density at radius 2 is 2.00 bits per heavy atom. The van der Waals surface area contributed by atoms with E-state index >= 15 is 0 Å². The van der Waals surface area contributed by atoms with Crippen molar-refractivity contribution in [1.29, 1.82) is 0 Å². The maximum atomic E-state index is 2.58. The maximum absolute atomic E-state index is 2.58.